The summed E-state index contributed by atoms with van der Waals surface area (Å²) in [6, 6.07) is 1.52. The lowest BCUT2D eigenvalue weighted by Crippen LogP contribution is -2.07. The Balaban J connectivity index is 3.41. The van der Waals surface area contributed by atoms with Crippen LogP contribution in [0.1, 0.15) is 11.3 Å². The number of halogens is 5. The summed E-state index contributed by atoms with van der Waals surface area (Å²) in [5, 5.41) is 7.21. The van der Waals surface area contributed by atoms with E-state index >= 15 is 0 Å². The number of rotatable bonds is 0. The summed E-state index contributed by atoms with van der Waals surface area (Å²) in [6.45, 7) is 0. The third-order valence-electron chi connectivity index (χ3n) is 1.37. The fourth-order valence-corrected chi connectivity index (χ4v) is 1.18. The largest absolute Gasteiger partial charge is 0.419 e. The second-order valence-electron chi connectivity index (χ2n) is 2.26. The van der Waals surface area contributed by atoms with Crippen molar-refractivity contribution >= 4 is 23.2 Å². The lowest BCUT2D eigenvalue weighted by molar-refractivity contribution is -0.137. The van der Waals surface area contributed by atoms with Gasteiger partial charge in [0.25, 0.3) is 0 Å². The summed E-state index contributed by atoms with van der Waals surface area (Å²) < 4.78 is 36.6. The van der Waals surface area contributed by atoms with E-state index in [0.717, 1.165) is 0 Å². The van der Waals surface area contributed by atoms with Gasteiger partial charge >= 0.3 is 6.18 Å². The van der Waals surface area contributed by atoms with Gasteiger partial charge in [0.15, 0.2) is 5.69 Å². The first-order chi connectivity index (χ1) is 6.38. The first-order valence-corrected chi connectivity index (χ1v) is 3.94. The number of nitriles is 1. The summed E-state index contributed by atoms with van der Waals surface area (Å²) in [5.41, 5.74) is -1.48. The van der Waals surface area contributed by atoms with E-state index in [4.69, 9.17) is 28.5 Å². The van der Waals surface area contributed by atoms with Crippen molar-refractivity contribution in [2.24, 2.45) is 0 Å². The van der Waals surface area contributed by atoms with Crippen molar-refractivity contribution in [1.29, 1.82) is 5.26 Å². The molecule has 0 amide bonds. The average molecular weight is 241 g/mol. The third-order valence-corrected chi connectivity index (χ3v) is 2.23. The number of hydrogen-bond donors (Lipinski definition) is 0. The topological polar surface area (TPSA) is 36.7 Å². The van der Waals surface area contributed by atoms with Crippen molar-refractivity contribution in [2.75, 3.05) is 0 Å². The van der Waals surface area contributed by atoms with Crippen molar-refractivity contribution in [2.45, 2.75) is 6.18 Å². The van der Waals surface area contributed by atoms with Crippen LogP contribution in [-0.2, 0) is 6.18 Å². The number of aromatic nitrogens is 1. The summed E-state index contributed by atoms with van der Waals surface area (Å²) >= 11 is 10.7. The van der Waals surface area contributed by atoms with Crippen LogP contribution in [0.4, 0.5) is 13.2 Å². The monoisotopic (exact) mass is 240 g/mol. The van der Waals surface area contributed by atoms with Gasteiger partial charge in [0.2, 0.25) is 0 Å². The number of nitrogens with zero attached hydrogens (tertiary/aromatic N) is 2. The molecular weight excluding hydrogens is 240 g/mol. The summed E-state index contributed by atoms with van der Waals surface area (Å²) in [6.07, 6.45) is -4.14. The molecule has 0 unspecified atom stereocenters. The van der Waals surface area contributed by atoms with Gasteiger partial charge in [0.1, 0.15) is 6.07 Å². The molecule has 0 saturated carbocycles. The number of hydrogen-bond acceptors (Lipinski definition) is 2. The maximum absolute atomic E-state index is 12.2. The standard InChI is InChI=1S/C7HCl2F3N2/c8-5-3(7(10,11)12)2-14-4(1-13)6(5)9/h2H. The van der Waals surface area contributed by atoms with Crippen LogP contribution in [-0.4, -0.2) is 4.98 Å². The zero-order valence-corrected chi connectivity index (χ0v) is 7.87. The SMILES string of the molecule is N#Cc1ncc(C(F)(F)F)c(Cl)c1Cl. The van der Waals surface area contributed by atoms with Crippen LogP contribution in [0.5, 0.6) is 0 Å². The van der Waals surface area contributed by atoms with Gasteiger partial charge in [-0.2, -0.15) is 18.4 Å². The van der Waals surface area contributed by atoms with Crippen LogP contribution < -0.4 is 0 Å². The minimum absolute atomic E-state index is 0.329. The fraction of sp³-hybridized carbons (Fsp3) is 0.143. The van der Waals surface area contributed by atoms with Crippen molar-refractivity contribution < 1.29 is 13.2 Å². The molecule has 1 aromatic rings. The number of alkyl halides is 3. The lowest BCUT2D eigenvalue weighted by atomic mass is 10.2. The first-order valence-electron chi connectivity index (χ1n) is 3.19. The molecule has 1 aromatic heterocycles. The van der Waals surface area contributed by atoms with Crippen molar-refractivity contribution in [3.63, 3.8) is 0 Å². The van der Waals surface area contributed by atoms with Gasteiger partial charge in [-0.3, -0.25) is 0 Å². The van der Waals surface area contributed by atoms with Crippen molar-refractivity contribution in [1.82, 2.24) is 4.98 Å². The predicted molar refractivity (Wildman–Crippen MR) is 44.0 cm³/mol. The maximum atomic E-state index is 12.2. The molecule has 0 saturated heterocycles. The molecule has 0 bridgehead atoms. The minimum Gasteiger partial charge on any atom is -0.243 e. The third kappa shape index (κ3) is 1.91. The molecule has 0 fully saturated rings. The Morgan fingerprint density at radius 3 is 2.29 bits per heavy atom. The highest BCUT2D eigenvalue weighted by atomic mass is 35.5. The molecule has 7 heteroatoms. The van der Waals surface area contributed by atoms with Crippen LogP contribution >= 0.6 is 23.2 Å². The summed E-state index contributed by atoms with van der Waals surface area (Å²) in [4.78, 5) is 3.23. The van der Waals surface area contributed by atoms with Crippen LogP contribution in [0.25, 0.3) is 0 Å². The van der Waals surface area contributed by atoms with E-state index in [1.165, 1.54) is 6.07 Å². The minimum atomic E-state index is -4.62. The molecule has 0 aliphatic carbocycles. The summed E-state index contributed by atoms with van der Waals surface area (Å²) in [5.74, 6) is 0. The van der Waals surface area contributed by atoms with E-state index in [2.05, 4.69) is 4.98 Å². The second kappa shape index (κ2) is 3.64. The molecule has 14 heavy (non-hydrogen) atoms. The van der Waals surface area contributed by atoms with Gasteiger partial charge < -0.3 is 0 Å². The Labute approximate surface area is 86.9 Å². The Hall–Kier alpha value is -0.990. The van der Waals surface area contributed by atoms with Crippen LogP contribution in [0, 0.1) is 11.3 Å². The van der Waals surface area contributed by atoms with Gasteiger partial charge in [-0.05, 0) is 0 Å². The summed E-state index contributed by atoms with van der Waals surface area (Å²) in [7, 11) is 0. The van der Waals surface area contributed by atoms with Crippen LogP contribution in [0.2, 0.25) is 10.0 Å². The van der Waals surface area contributed by atoms with E-state index in [0.29, 0.717) is 6.20 Å². The van der Waals surface area contributed by atoms with Crippen molar-refractivity contribution in [3.05, 3.63) is 27.5 Å². The molecule has 0 aromatic carbocycles. The molecule has 2 nitrogen and oxygen atoms in total. The smallest absolute Gasteiger partial charge is 0.243 e. The van der Waals surface area contributed by atoms with E-state index in [1.54, 1.807) is 0 Å². The molecule has 1 rings (SSSR count). The Morgan fingerprint density at radius 2 is 1.86 bits per heavy atom. The molecule has 0 N–H and O–H groups in total. The highest BCUT2D eigenvalue weighted by molar-refractivity contribution is 6.43. The molecule has 0 atom stereocenters. The average Bonchev–Trinajstić information content (AvgIpc) is 2.07. The van der Waals surface area contributed by atoms with Gasteiger partial charge in [-0.1, -0.05) is 23.2 Å². The molecule has 0 radical (unpaired) electrons. The normalized spacial score (nSPS) is 11.1. The second-order valence-corrected chi connectivity index (χ2v) is 3.01. The van der Waals surface area contributed by atoms with E-state index in [-0.39, 0.29) is 5.69 Å². The van der Waals surface area contributed by atoms with Crippen LogP contribution in [0.15, 0.2) is 6.20 Å². The number of pyridine rings is 1. The molecule has 0 aliphatic heterocycles. The molecule has 1 heterocycles. The predicted octanol–water partition coefficient (Wildman–Crippen LogP) is 3.28. The highest BCUT2D eigenvalue weighted by Crippen LogP contribution is 2.38. The molecule has 0 spiro atoms. The highest BCUT2D eigenvalue weighted by Gasteiger charge is 2.35. The maximum Gasteiger partial charge on any atom is 0.419 e. The van der Waals surface area contributed by atoms with E-state index in [9.17, 15) is 13.2 Å². The van der Waals surface area contributed by atoms with E-state index < -0.39 is 21.8 Å². The van der Waals surface area contributed by atoms with Crippen molar-refractivity contribution in [3.8, 4) is 6.07 Å². The van der Waals surface area contributed by atoms with Gasteiger partial charge in [0.05, 0.1) is 15.6 Å². The fourth-order valence-electron chi connectivity index (χ4n) is 0.740. The Kier molecular flexibility index (Phi) is 2.88. The Morgan fingerprint density at radius 1 is 1.29 bits per heavy atom. The first kappa shape index (κ1) is 11.1. The Bertz CT molecular complexity index is 409. The zero-order valence-electron chi connectivity index (χ0n) is 6.36. The van der Waals surface area contributed by atoms with E-state index in [1.807, 2.05) is 0 Å². The van der Waals surface area contributed by atoms with Gasteiger partial charge in [-0.15, -0.1) is 0 Å². The molecular formula is C7HCl2F3N2. The zero-order chi connectivity index (χ0) is 10.9. The van der Waals surface area contributed by atoms with Crippen LogP contribution in [0.3, 0.4) is 0 Å². The quantitative estimate of drug-likeness (QED) is 0.698. The van der Waals surface area contributed by atoms with Gasteiger partial charge in [0, 0.05) is 6.20 Å². The lowest BCUT2D eigenvalue weighted by Gasteiger charge is -2.09. The molecule has 0 aliphatic rings. The van der Waals surface area contributed by atoms with Gasteiger partial charge in [-0.25, -0.2) is 4.98 Å². The molecule has 74 valence electrons.